The van der Waals surface area contributed by atoms with Crippen LogP contribution in [0.5, 0.6) is 0 Å². The molecule has 0 radical (unpaired) electrons. The Labute approximate surface area is 183 Å². The number of aryl methyl sites for hydroxylation is 1. The molecular weight excluding hydrogens is 395 g/mol. The molecule has 3 fully saturated rings. The first kappa shape index (κ1) is 20.7. The summed E-state index contributed by atoms with van der Waals surface area (Å²) < 4.78 is 14.2. The van der Waals surface area contributed by atoms with E-state index in [1.165, 1.54) is 18.9 Å². The molecule has 2 N–H and O–H groups in total. The molecule has 31 heavy (non-hydrogen) atoms. The molecule has 0 aromatic heterocycles. The maximum atomic E-state index is 14.2. The second-order valence-electron chi connectivity index (χ2n) is 10.0. The van der Waals surface area contributed by atoms with Gasteiger partial charge in [0.25, 0.3) is 0 Å². The van der Waals surface area contributed by atoms with Crippen molar-refractivity contribution in [3.8, 4) is 0 Å². The van der Waals surface area contributed by atoms with Crippen LogP contribution in [0, 0.1) is 12.7 Å². The highest BCUT2D eigenvalue weighted by Crippen LogP contribution is 2.47. The fraction of sp³-hybridized carbons (Fsp3) is 0.667. The van der Waals surface area contributed by atoms with Crippen LogP contribution < -0.4 is 10.6 Å². The van der Waals surface area contributed by atoms with Gasteiger partial charge in [-0.25, -0.2) is 4.39 Å². The van der Waals surface area contributed by atoms with E-state index in [0.717, 1.165) is 56.6 Å². The van der Waals surface area contributed by atoms with Crippen molar-refractivity contribution in [2.45, 2.75) is 82.5 Å². The van der Waals surface area contributed by atoms with Gasteiger partial charge in [0, 0.05) is 61.9 Å². The minimum absolute atomic E-state index is 0.0248. The van der Waals surface area contributed by atoms with Crippen molar-refractivity contribution in [1.82, 2.24) is 15.1 Å². The minimum Gasteiger partial charge on any atom is -0.373 e. The number of hydrogen-bond acceptors (Lipinski definition) is 4. The van der Waals surface area contributed by atoms with Gasteiger partial charge in [0.15, 0.2) is 0 Å². The smallest absolute Gasteiger partial charge is 0.243 e. The third-order valence-corrected chi connectivity index (χ3v) is 7.92. The Bertz CT molecular complexity index is 869. The predicted octanol–water partition coefficient (Wildman–Crippen LogP) is 2.59. The highest BCUT2D eigenvalue weighted by atomic mass is 19.1. The average Bonchev–Trinajstić information content (AvgIpc) is 3.34. The number of nitrogens with zero attached hydrogens (tertiary/aromatic N) is 2. The first-order valence-corrected chi connectivity index (χ1v) is 11.7. The normalized spacial score (nSPS) is 29.4. The molecule has 6 nitrogen and oxygen atoms in total. The van der Waals surface area contributed by atoms with Gasteiger partial charge in [-0.2, -0.15) is 0 Å². The summed E-state index contributed by atoms with van der Waals surface area (Å²) in [5, 5.41) is 6.51. The van der Waals surface area contributed by atoms with E-state index in [4.69, 9.17) is 0 Å². The van der Waals surface area contributed by atoms with Crippen LogP contribution in [0.2, 0.25) is 0 Å². The van der Waals surface area contributed by atoms with E-state index in [2.05, 4.69) is 15.5 Å². The van der Waals surface area contributed by atoms with Gasteiger partial charge in [-0.3, -0.25) is 14.5 Å². The largest absolute Gasteiger partial charge is 0.373 e. The lowest BCUT2D eigenvalue weighted by atomic mass is 9.88. The highest BCUT2D eigenvalue weighted by molar-refractivity contribution is 5.88. The van der Waals surface area contributed by atoms with Crippen LogP contribution >= 0.6 is 0 Å². The molecule has 2 aliphatic heterocycles. The number of piperazine rings is 1. The third-order valence-electron chi connectivity index (χ3n) is 7.92. The number of benzene rings is 1. The molecule has 7 heteroatoms. The van der Waals surface area contributed by atoms with Crippen molar-refractivity contribution in [1.29, 1.82) is 0 Å². The molecule has 2 heterocycles. The van der Waals surface area contributed by atoms with Crippen LogP contribution in [0.4, 0.5) is 10.1 Å². The average molecular weight is 429 g/mol. The number of carbonyl (C=O) groups is 2. The second-order valence-corrected chi connectivity index (χ2v) is 10.0. The Hall–Kier alpha value is -2.15. The van der Waals surface area contributed by atoms with Gasteiger partial charge in [-0.1, -0.05) is 6.07 Å². The minimum atomic E-state index is -0.403. The van der Waals surface area contributed by atoms with E-state index in [0.29, 0.717) is 18.0 Å². The molecule has 1 aromatic rings. The van der Waals surface area contributed by atoms with E-state index in [9.17, 15) is 14.0 Å². The van der Waals surface area contributed by atoms with Gasteiger partial charge >= 0.3 is 0 Å². The number of nitrogens with one attached hydrogen (secondary N) is 2. The molecule has 0 bridgehead atoms. The zero-order chi connectivity index (χ0) is 21.8. The summed E-state index contributed by atoms with van der Waals surface area (Å²) in [5.41, 5.74) is 2.55. The first-order chi connectivity index (χ1) is 14.9. The standard InChI is InChI=1S/C24H33FN4O2/c1-15-6-7-20(25)19-13-21(27-22(15)19)23(31)26-17-4-3-5-18(12-17)29-11-10-28(16(2)30)14-24(29)8-9-24/h6-7,17-18,21,27H,3-5,8-14H2,1-2H3,(H,26,31)/t17-,18?,21?/m1/s1. The van der Waals surface area contributed by atoms with E-state index in [1.54, 1.807) is 13.0 Å². The summed E-state index contributed by atoms with van der Waals surface area (Å²) >= 11 is 0. The van der Waals surface area contributed by atoms with E-state index < -0.39 is 6.04 Å². The fourth-order valence-electron chi connectivity index (χ4n) is 6.03. The SMILES string of the molecule is CC(=O)N1CCN(C2CCC[C@@H](NC(=O)C3Cc4c(F)ccc(C)c4N3)C2)C2(CC2)C1. The lowest BCUT2D eigenvalue weighted by Gasteiger charge is -2.48. The van der Waals surface area contributed by atoms with E-state index >= 15 is 0 Å². The van der Waals surface area contributed by atoms with Gasteiger partial charge < -0.3 is 15.5 Å². The maximum Gasteiger partial charge on any atom is 0.243 e. The number of hydrogen-bond donors (Lipinski definition) is 2. The third kappa shape index (κ3) is 3.81. The molecule has 5 rings (SSSR count). The van der Waals surface area contributed by atoms with E-state index in [-0.39, 0.29) is 29.2 Å². The lowest BCUT2D eigenvalue weighted by Crippen LogP contribution is -2.60. The molecule has 2 unspecified atom stereocenters. The number of halogens is 1. The summed E-state index contributed by atoms with van der Waals surface area (Å²) in [6.07, 6.45) is 6.95. The molecular formula is C24H33FN4O2. The summed E-state index contributed by atoms with van der Waals surface area (Å²) in [6.45, 7) is 6.20. The van der Waals surface area contributed by atoms with Gasteiger partial charge in [0.2, 0.25) is 11.8 Å². The second kappa shape index (κ2) is 7.76. The summed E-state index contributed by atoms with van der Waals surface area (Å²) in [4.78, 5) is 29.5. The Balaban J connectivity index is 1.20. The monoisotopic (exact) mass is 428 g/mol. The number of amides is 2. The lowest BCUT2D eigenvalue weighted by molar-refractivity contribution is -0.133. The van der Waals surface area contributed by atoms with Crippen molar-refractivity contribution in [3.63, 3.8) is 0 Å². The Morgan fingerprint density at radius 3 is 2.74 bits per heavy atom. The zero-order valence-electron chi connectivity index (χ0n) is 18.5. The van der Waals surface area contributed by atoms with Crippen LogP contribution in [-0.4, -0.2) is 64.9 Å². The highest BCUT2D eigenvalue weighted by Gasteiger charge is 2.54. The van der Waals surface area contributed by atoms with Crippen molar-refractivity contribution in [2.24, 2.45) is 0 Å². The Morgan fingerprint density at radius 1 is 1.23 bits per heavy atom. The number of rotatable bonds is 3. The predicted molar refractivity (Wildman–Crippen MR) is 117 cm³/mol. The van der Waals surface area contributed by atoms with Crippen molar-refractivity contribution >= 4 is 17.5 Å². The topological polar surface area (TPSA) is 64.7 Å². The van der Waals surface area contributed by atoms with E-state index in [1.807, 2.05) is 11.8 Å². The number of carbonyl (C=O) groups excluding carboxylic acids is 2. The van der Waals surface area contributed by atoms with Crippen LogP contribution in [0.1, 0.15) is 56.6 Å². The fourth-order valence-corrected chi connectivity index (χ4v) is 6.03. The molecule has 1 saturated heterocycles. The van der Waals surface area contributed by atoms with Gasteiger partial charge in [0.1, 0.15) is 11.9 Å². The molecule has 1 spiro atoms. The summed E-state index contributed by atoms with van der Waals surface area (Å²) in [6, 6.07) is 3.46. The van der Waals surface area contributed by atoms with Crippen LogP contribution in [-0.2, 0) is 16.0 Å². The maximum absolute atomic E-state index is 14.2. The van der Waals surface area contributed by atoms with Gasteiger partial charge in [-0.05, 0) is 57.1 Å². The van der Waals surface area contributed by atoms with Crippen molar-refractivity contribution in [3.05, 3.63) is 29.1 Å². The number of anilines is 1. The number of fused-ring (bicyclic) bond motifs is 1. The summed E-state index contributed by atoms with van der Waals surface area (Å²) in [7, 11) is 0. The van der Waals surface area contributed by atoms with Crippen molar-refractivity contribution < 1.29 is 14.0 Å². The molecule has 168 valence electrons. The molecule has 2 saturated carbocycles. The van der Waals surface area contributed by atoms with Crippen LogP contribution in [0.15, 0.2) is 12.1 Å². The molecule has 3 atom stereocenters. The molecule has 2 aliphatic carbocycles. The first-order valence-electron chi connectivity index (χ1n) is 11.7. The van der Waals surface area contributed by atoms with Gasteiger partial charge in [0.05, 0.1) is 0 Å². The molecule has 4 aliphatic rings. The van der Waals surface area contributed by atoms with Crippen LogP contribution in [0.3, 0.4) is 0 Å². The quantitative estimate of drug-likeness (QED) is 0.777. The Kier molecular flexibility index (Phi) is 5.19. The van der Waals surface area contributed by atoms with Crippen molar-refractivity contribution in [2.75, 3.05) is 25.0 Å². The van der Waals surface area contributed by atoms with Crippen LogP contribution in [0.25, 0.3) is 0 Å². The summed E-state index contributed by atoms with van der Waals surface area (Å²) in [5.74, 6) is -0.0832. The molecule has 1 aromatic carbocycles. The Morgan fingerprint density at radius 2 is 2.03 bits per heavy atom. The molecule has 2 amide bonds. The van der Waals surface area contributed by atoms with Gasteiger partial charge in [-0.15, -0.1) is 0 Å². The zero-order valence-corrected chi connectivity index (χ0v) is 18.5.